The summed E-state index contributed by atoms with van der Waals surface area (Å²) in [6.45, 7) is 9.70. The molecule has 39 heavy (non-hydrogen) atoms. The van der Waals surface area contributed by atoms with E-state index in [-0.39, 0.29) is 40.7 Å². The zero-order valence-electron chi connectivity index (χ0n) is 23.9. The van der Waals surface area contributed by atoms with Crippen LogP contribution in [-0.2, 0) is 16.1 Å². The molecule has 3 N–H and O–H groups in total. The molecular weight excluding hydrogens is 514 g/mol. The van der Waals surface area contributed by atoms with Crippen molar-refractivity contribution in [2.75, 3.05) is 6.61 Å². The SMILES string of the molecule is CC[C@@H]1C2C[C@H](O)CC[C@@]2(C)[C@H]2CCC3(C)[C@@H]([C@H](C)CCOC(=O)N[S+]([O-])c4ncccn4)CC[C@H]3C2[C@@H]1O. The highest BCUT2D eigenvalue weighted by atomic mass is 32.2. The molecule has 5 rings (SSSR count). The molecule has 0 aromatic carbocycles. The van der Waals surface area contributed by atoms with Crippen molar-refractivity contribution >= 4 is 17.5 Å². The maximum atomic E-state index is 12.2. The quantitative estimate of drug-likeness (QED) is 0.320. The fourth-order valence-corrected chi connectivity index (χ4v) is 10.6. The first kappa shape index (κ1) is 29.1. The number of nitrogens with one attached hydrogen (secondary N) is 1. The first-order valence-corrected chi connectivity index (χ1v) is 16.2. The molecule has 8 nitrogen and oxygen atoms in total. The van der Waals surface area contributed by atoms with E-state index >= 15 is 0 Å². The molecule has 0 radical (unpaired) electrons. The zero-order chi connectivity index (χ0) is 27.9. The van der Waals surface area contributed by atoms with Crippen LogP contribution in [0.3, 0.4) is 0 Å². The molecule has 1 heterocycles. The summed E-state index contributed by atoms with van der Waals surface area (Å²) in [5.41, 5.74) is 0.381. The molecule has 4 aliphatic rings. The molecule has 4 unspecified atom stereocenters. The minimum atomic E-state index is -1.85. The van der Waals surface area contributed by atoms with Crippen molar-refractivity contribution in [2.45, 2.75) is 103 Å². The standard InChI is InChI=1S/C30H47N3O5S/c1-5-20-24-17-19(34)9-12-30(24,4)23-10-13-29(3)21(7-8-22(29)25(23)26(20)35)18(2)11-16-38-28(36)33-39(37)27-31-14-6-15-32-27/h6,14-15,18-26,34-35H,5,7-13,16-17H2,1-4H3,(H,33,36)/t18-,19-,20-,21-,22+,23+,24?,25?,26-,29?,30+,39?/m1/s1. The van der Waals surface area contributed by atoms with Crippen molar-refractivity contribution in [2.24, 2.45) is 52.3 Å². The predicted molar refractivity (Wildman–Crippen MR) is 148 cm³/mol. The number of aromatic nitrogens is 2. The van der Waals surface area contributed by atoms with Crippen LogP contribution in [0.4, 0.5) is 4.79 Å². The average molecular weight is 562 g/mol. The van der Waals surface area contributed by atoms with Gasteiger partial charge in [-0.25, -0.2) is 4.79 Å². The minimum Gasteiger partial charge on any atom is -0.585 e. The second kappa shape index (κ2) is 11.5. The van der Waals surface area contributed by atoms with Gasteiger partial charge in [-0.2, -0.15) is 9.97 Å². The number of nitrogens with zero attached hydrogens (tertiary/aromatic N) is 2. The van der Waals surface area contributed by atoms with Crippen LogP contribution in [0.5, 0.6) is 0 Å². The molecule has 9 heteroatoms. The molecule has 4 saturated carbocycles. The first-order valence-electron chi connectivity index (χ1n) is 15.1. The van der Waals surface area contributed by atoms with E-state index in [0.717, 1.165) is 51.4 Å². The third-order valence-electron chi connectivity index (χ3n) is 11.8. The first-order chi connectivity index (χ1) is 18.6. The van der Waals surface area contributed by atoms with Gasteiger partial charge in [0.15, 0.2) is 11.4 Å². The summed E-state index contributed by atoms with van der Waals surface area (Å²) >= 11 is -1.85. The second-order valence-electron chi connectivity index (χ2n) is 13.4. The lowest BCUT2D eigenvalue weighted by Gasteiger charge is -2.64. The maximum Gasteiger partial charge on any atom is 0.449 e. The predicted octanol–water partition coefficient (Wildman–Crippen LogP) is 4.88. The number of fused-ring (bicyclic) bond motifs is 5. The number of rotatable bonds is 7. The van der Waals surface area contributed by atoms with E-state index in [4.69, 9.17) is 4.74 Å². The lowest BCUT2D eigenvalue weighted by molar-refractivity contribution is -0.203. The van der Waals surface area contributed by atoms with Crippen molar-refractivity contribution in [3.8, 4) is 0 Å². The van der Waals surface area contributed by atoms with E-state index in [1.54, 1.807) is 6.07 Å². The van der Waals surface area contributed by atoms with Gasteiger partial charge in [0.2, 0.25) is 0 Å². The Morgan fingerprint density at radius 1 is 1.13 bits per heavy atom. The van der Waals surface area contributed by atoms with Gasteiger partial charge in [0, 0.05) is 12.4 Å². The molecule has 12 atom stereocenters. The maximum absolute atomic E-state index is 12.2. The van der Waals surface area contributed by atoms with Crippen LogP contribution in [0.15, 0.2) is 23.6 Å². The molecule has 0 aliphatic heterocycles. The summed E-state index contributed by atoms with van der Waals surface area (Å²) in [6, 6.07) is 1.62. The number of aliphatic hydroxyl groups excluding tert-OH is 2. The zero-order valence-corrected chi connectivity index (χ0v) is 24.7. The number of carbonyl (C=O) groups is 1. The fourth-order valence-electron chi connectivity index (χ4n) is 10.0. The summed E-state index contributed by atoms with van der Waals surface area (Å²) in [6.07, 6.45) is 10.9. The highest BCUT2D eigenvalue weighted by Crippen LogP contribution is 2.69. The smallest absolute Gasteiger partial charge is 0.449 e. The van der Waals surface area contributed by atoms with E-state index in [2.05, 4.69) is 42.4 Å². The summed E-state index contributed by atoms with van der Waals surface area (Å²) in [4.78, 5) is 20.0. The van der Waals surface area contributed by atoms with Gasteiger partial charge in [0.05, 0.1) is 18.8 Å². The van der Waals surface area contributed by atoms with Gasteiger partial charge in [-0.05, 0) is 110 Å². The third-order valence-corrected chi connectivity index (χ3v) is 12.7. The number of aliphatic hydroxyl groups is 2. The van der Waals surface area contributed by atoms with Crippen LogP contribution < -0.4 is 4.72 Å². The van der Waals surface area contributed by atoms with Crippen molar-refractivity contribution < 1.29 is 24.3 Å². The van der Waals surface area contributed by atoms with Crippen LogP contribution in [0, 0.1) is 52.3 Å². The van der Waals surface area contributed by atoms with Crippen LogP contribution in [-0.4, -0.2) is 49.6 Å². The Kier molecular flexibility index (Phi) is 8.54. The molecular formula is C30H47N3O5S. The fraction of sp³-hybridized carbons (Fsp3) is 0.833. The van der Waals surface area contributed by atoms with E-state index < -0.39 is 17.5 Å². The van der Waals surface area contributed by atoms with Gasteiger partial charge in [-0.3, -0.25) is 0 Å². The van der Waals surface area contributed by atoms with Gasteiger partial charge >= 0.3 is 11.2 Å². The Hall–Kier alpha value is -1.42. The Bertz CT molecular complexity index is 1000. The van der Waals surface area contributed by atoms with Gasteiger partial charge in [-0.15, -0.1) is 4.72 Å². The van der Waals surface area contributed by atoms with Gasteiger partial charge in [0.1, 0.15) is 0 Å². The normalized spacial score (nSPS) is 42.9. The van der Waals surface area contributed by atoms with Crippen molar-refractivity contribution in [1.29, 1.82) is 0 Å². The van der Waals surface area contributed by atoms with Crippen LogP contribution in [0.1, 0.15) is 85.5 Å². The Morgan fingerprint density at radius 2 is 1.82 bits per heavy atom. The molecule has 4 aliphatic carbocycles. The third kappa shape index (κ3) is 5.22. The van der Waals surface area contributed by atoms with E-state index in [9.17, 15) is 19.6 Å². The molecule has 218 valence electrons. The molecule has 0 saturated heterocycles. The molecule has 1 aromatic heterocycles. The Morgan fingerprint density at radius 3 is 2.54 bits per heavy atom. The lowest BCUT2D eigenvalue weighted by Crippen LogP contribution is -2.62. The number of hydrogen-bond donors (Lipinski definition) is 3. The minimum absolute atomic E-state index is 0.0446. The summed E-state index contributed by atoms with van der Waals surface area (Å²) < 4.78 is 19.9. The Balaban J connectivity index is 1.21. The molecule has 1 amide bonds. The van der Waals surface area contributed by atoms with Crippen LogP contribution in [0.25, 0.3) is 0 Å². The average Bonchev–Trinajstić information content (AvgIpc) is 3.27. The largest absolute Gasteiger partial charge is 0.585 e. The second-order valence-corrected chi connectivity index (χ2v) is 14.5. The van der Waals surface area contributed by atoms with Crippen molar-refractivity contribution in [3.63, 3.8) is 0 Å². The van der Waals surface area contributed by atoms with E-state index in [1.165, 1.54) is 18.8 Å². The molecule has 4 fully saturated rings. The van der Waals surface area contributed by atoms with Gasteiger partial charge in [-0.1, -0.05) is 34.1 Å². The van der Waals surface area contributed by atoms with E-state index in [0.29, 0.717) is 35.5 Å². The number of hydrogen-bond acceptors (Lipinski definition) is 7. The molecule has 0 bridgehead atoms. The van der Waals surface area contributed by atoms with Gasteiger partial charge in [0.25, 0.3) is 0 Å². The van der Waals surface area contributed by atoms with Crippen LogP contribution >= 0.6 is 0 Å². The van der Waals surface area contributed by atoms with Crippen molar-refractivity contribution in [3.05, 3.63) is 18.5 Å². The summed E-state index contributed by atoms with van der Waals surface area (Å²) in [5, 5.41) is 22.4. The molecule has 0 spiro atoms. The number of ether oxygens (including phenoxy) is 1. The van der Waals surface area contributed by atoms with E-state index in [1.807, 2.05) is 0 Å². The molecule has 1 aromatic rings. The summed E-state index contributed by atoms with van der Waals surface area (Å²) in [7, 11) is 0. The highest BCUT2D eigenvalue weighted by Gasteiger charge is 2.64. The monoisotopic (exact) mass is 561 g/mol. The lowest BCUT2D eigenvalue weighted by atomic mass is 9.41. The van der Waals surface area contributed by atoms with Crippen LogP contribution in [0.2, 0.25) is 0 Å². The summed E-state index contributed by atoms with van der Waals surface area (Å²) in [5.74, 6) is 2.95. The number of carbonyl (C=O) groups excluding carboxylic acids is 1. The van der Waals surface area contributed by atoms with Gasteiger partial charge < -0.3 is 19.5 Å². The topological polar surface area (TPSA) is 128 Å². The van der Waals surface area contributed by atoms with Crippen molar-refractivity contribution in [1.82, 2.24) is 14.7 Å². The number of amides is 1. The Labute approximate surface area is 236 Å². The highest BCUT2D eigenvalue weighted by molar-refractivity contribution is 7.89.